The van der Waals surface area contributed by atoms with Gasteiger partial charge in [0.25, 0.3) is 0 Å². The molecule has 2 heterocycles. The molecule has 0 aliphatic carbocycles. The molecule has 0 spiro atoms. The highest BCUT2D eigenvalue weighted by Crippen LogP contribution is 2.32. The van der Waals surface area contributed by atoms with E-state index in [1.54, 1.807) is 17.6 Å². The molecule has 1 aromatic carbocycles. The standard InChI is InChI=1S/C14H9NO2S/c16-14(17)10-6-13(18-8-10)11-3-1-2-9-4-5-15-7-12(9)11/h1-8H,(H,16,17). The molecule has 18 heavy (non-hydrogen) atoms. The van der Waals surface area contributed by atoms with Gasteiger partial charge < -0.3 is 5.11 Å². The molecule has 0 bridgehead atoms. The molecule has 88 valence electrons. The molecule has 0 aliphatic rings. The minimum atomic E-state index is -0.893. The Hall–Kier alpha value is -2.20. The second kappa shape index (κ2) is 4.23. The Morgan fingerprint density at radius 1 is 1.28 bits per heavy atom. The first kappa shape index (κ1) is 10.9. The fourth-order valence-electron chi connectivity index (χ4n) is 1.92. The number of aromatic carboxylic acids is 1. The molecule has 4 heteroatoms. The van der Waals surface area contributed by atoms with Crippen LogP contribution in [0.3, 0.4) is 0 Å². The van der Waals surface area contributed by atoms with Crippen LogP contribution in [0.15, 0.2) is 48.1 Å². The summed E-state index contributed by atoms with van der Waals surface area (Å²) in [6.45, 7) is 0. The Bertz CT molecular complexity index is 728. The van der Waals surface area contributed by atoms with Crippen molar-refractivity contribution in [1.82, 2.24) is 4.98 Å². The maximum Gasteiger partial charge on any atom is 0.336 e. The number of pyridine rings is 1. The van der Waals surface area contributed by atoms with Crippen molar-refractivity contribution < 1.29 is 9.90 Å². The Balaban J connectivity index is 2.21. The van der Waals surface area contributed by atoms with Crippen LogP contribution in [0.1, 0.15) is 10.4 Å². The number of benzene rings is 1. The molecule has 0 fully saturated rings. The van der Waals surface area contributed by atoms with E-state index in [2.05, 4.69) is 4.98 Å². The predicted octanol–water partition coefficient (Wildman–Crippen LogP) is 3.66. The van der Waals surface area contributed by atoms with Gasteiger partial charge in [-0.15, -0.1) is 11.3 Å². The number of hydrogen-bond acceptors (Lipinski definition) is 3. The van der Waals surface area contributed by atoms with E-state index in [4.69, 9.17) is 5.11 Å². The van der Waals surface area contributed by atoms with Gasteiger partial charge in [0, 0.05) is 33.6 Å². The van der Waals surface area contributed by atoms with E-state index >= 15 is 0 Å². The average molecular weight is 255 g/mol. The normalized spacial score (nSPS) is 10.7. The molecular weight excluding hydrogens is 246 g/mol. The number of aromatic nitrogens is 1. The van der Waals surface area contributed by atoms with Crippen LogP contribution in [-0.4, -0.2) is 16.1 Å². The highest BCUT2D eigenvalue weighted by molar-refractivity contribution is 7.14. The zero-order valence-corrected chi connectivity index (χ0v) is 10.1. The Labute approximate surface area is 107 Å². The van der Waals surface area contributed by atoms with Crippen molar-refractivity contribution in [3.63, 3.8) is 0 Å². The van der Waals surface area contributed by atoms with Crippen LogP contribution in [0.5, 0.6) is 0 Å². The zero-order chi connectivity index (χ0) is 12.5. The molecule has 0 unspecified atom stereocenters. The molecule has 0 radical (unpaired) electrons. The number of carboxylic acid groups (broad SMARTS) is 1. The minimum Gasteiger partial charge on any atom is -0.478 e. The van der Waals surface area contributed by atoms with Crippen LogP contribution in [0.25, 0.3) is 21.2 Å². The van der Waals surface area contributed by atoms with E-state index < -0.39 is 5.97 Å². The smallest absolute Gasteiger partial charge is 0.336 e. The molecule has 0 atom stereocenters. The first-order chi connectivity index (χ1) is 8.75. The van der Waals surface area contributed by atoms with E-state index in [1.807, 2.05) is 30.5 Å². The van der Waals surface area contributed by atoms with Crippen LogP contribution >= 0.6 is 11.3 Å². The third-order valence-corrected chi connectivity index (χ3v) is 3.76. The average Bonchev–Trinajstić information content (AvgIpc) is 2.87. The number of carboxylic acids is 1. The molecule has 0 saturated heterocycles. The summed E-state index contributed by atoms with van der Waals surface area (Å²) in [7, 11) is 0. The molecular formula is C14H9NO2S. The van der Waals surface area contributed by atoms with Gasteiger partial charge in [0.1, 0.15) is 0 Å². The highest BCUT2D eigenvalue weighted by atomic mass is 32.1. The lowest BCUT2D eigenvalue weighted by Gasteiger charge is -2.03. The van der Waals surface area contributed by atoms with Gasteiger partial charge in [0.05, 0.1) is 5.56 Å². The van der Waals surface area contributed by atoms with Gasteiger partial charge in [0.15, 0.2) is 0 Å². The van der Waals surface area contributed by atoms with Crippen molar-refractivity contribution in [2.75, 3.05) is 0 Å². The van der Waals surface area contributed by atoms with E-state index in [9.17, 15) is 4.79 Å². The van der Waals surface area contributed by atoms with Crippen molar-refractivity contribution >= 4 is 28.1 Å². The molecule has 1 N–H and O–H groups in total. The lowest BCUT2D eigenvalue weighted by molar-refractivity contribution is 0.0697. The molecule has 3 rings (SSSR count). The quantitative estimate of drug-likeness (QED) is 0.760. The van der Waals surface area contributed by atoms with E-state index in [0.29, 0.717) is 5.56 Å². The Kier molecular flexibility index (Phi) is 2.57. The van der Waals surface area contributed by atoms with Gasteiger partial charge in [0.2, 0.25) is 0 Å². The largest absolute Gasteiger partial charge is 0.478 e. The van der Waals surface area contributed by atoms with Crippen molar-refractivity contribution in [2.24, 2.45) is 0 Å². The van der Waals surface area contributed by atoms with Gasteiger partial charge in [-0.05, 0) is 17.5 Å². The van der Waals surface area contributed by atoms with Crippen molar-refractivity contribution in [1.29, 1.82) is 0 Å². The lowest BCUT2D eigenvalue weighted by Crippen LogP contribution is -1.91. The van der Waals surface area contributed by atoms with Crippen LogP contribution < -0.4 is 0 Å². The van der Waals surface area contributed by atoms with Crippen LogP contribution in [0.4, 0.5) is 0 Å². The molecule has 0 saturated carbocycles. The molecule has 3 aromatic rings. The van der Waals surface area contributed by atoms with Gasteiger partial charge in [-0.25, -0.2) is 4.79 Å². The number of rotatable bonds is 2. The first-order valence-electron chi connectivity index (χ1n) is 5.40. The van der Waals surface area contributed by atoms with E-state index in [0.717, 1.165) is 21.2 Å². The third kappa shape index (κ3) is 1.76. The van der Waals surface area contributed by atoms with E-state index in [-0.39, 0.29) is 0 Å². The van der Waals surface area contributed by atoms with E-state index in [1.165, 1.54) is 11.3 Å². The fourth-order valence-corrected chi connectivity index (χ4v) is 2.84. The summed E-state index contributed by atoms with van der Waals surface area (Å²) in [4.78, 5) is 16.0. The van der Waals surface area contributed by atoms with Crippen molar-refractivity contribution in [2.45, 2.75) is 0 Å². The second-order valence-electron chi connectivity index (χ2n) is 3.91. The van der Waals surface area contributed by atoms with Gasteiger partial charge in [-0.1, -0.05) is 18.2 Å². The number of hydrogen-bond donors (Lipinski definition) is 1. The second-order valence-corrected chi connectivity index (χ2v) is 4.82. The zero-order valence-electron chi connectivity index (χ0n) is 9.33. The topological polar surface area (TPSA) is 50.2 Å². The summed E-state index contributed by atoms with van der Waals surface area (Å²) >= 11 is 1.44. The summed E-state index contributed by atoms with van der Waals surface area (Å²) in [5.74, 6) is -0.893. The summed E-state index contributed by atoms with van der Waals surface area (Å²) < 4.78 is 0. The van der Waals surface area contributed by atoms with Crippen molar-refractivity contribution in [3.05, 3.63) is 53.7 Å². The van der Waals surface area contributed by atoms with Crippen LogP contribution in [0, 0.1) is 0 Å². The monoisotopic (exact) mass is 255 g/mol. The maximum atomic E-state index is 10.9. The lowest BCUT2D eigenvalue weighted by atomic mass is 10.1. The molecule has 0 aliphatic heterocycles. The van der Waals surface area contributed by atoms with Gasteiger partial charge in [-0.2, -0.15) is 0 Å². The number of carbonyl (C=O) groups is 1. The maximum absolute atomic E-state index is 10.9. The number of fused-ring (bicyclic) bond motifs is 1. The summed E-state index contributed by atoms with van der Waals surface area (Å²) in [5.41, 5.74) is 1.36. The van der Waals surface area contributed by atoms with Crippen molar-refractivity contribution in [3.8, 4) is 10.4 Å². The molecule has 3 nitrogen and oxygen atoms in total. The number of thiophene rings is 1. The van der Waals surface area contributed by atoms with Gasteiger partial charge in [-0.3, -0.25) is 4.98 Å². The predicted molar refractivity (Wildman–Crippen MR) is 72.0 cm³/mol. The molecule has 0 amide bonds. The summed E-state index contributed by atoms with van der Waals surface area (Å²) in [5, 5.41) is 12.8. The third-order valence-electron chi connectivity index (χ3n) is 2.80. The Morgan fingerprint density at radius 3 is 2.94 bits per heavy atom. The first-order valence-corrected chi connectivity index (χ1v) is 6.28. The Morgan fingerprint density at radius 2 is 2.17 bits per heavy atom. The van der Waals surface area contributed by atoms with Gasteiger partial charge >= 0.3 is 5.97 Å². The van der Waals surface area contributed by atoms with Crippen LogP contribution in [-0.2, 0) is 0 Å². The SMILES string of the molecule is O=C(O)c1csc(-c2cccc3ccncc23)c1. The number of nitrogens with zero attached hydrogens (tertiary/aromatic N) is 1. The fraction of sp³-hybridized carbons (Fsp3) is 0. The molecule has 2 aromatic heterocycles. The summed E-state index contributed by atoms with van der Waals surface area (Å²) in [6.07, 6.45) is 3.56. The summed E-state index contributed by atoms with van der Waals surface area (Å²) in [6, 6.07) is 9.63. The highest BCUT2D eigenvalue weighted by Gasteiger charge is 2.10. The van der Waals surface area contributed by atoms with Crippen LogP contribution in [0.2, 0.25) is 0 Å². The minimum absolute atomic E-state index is 0.330.